The van der Waals surface area contributed by atoms with E-state index in [0.29, 0.717) is 0 Å². The lowest BCUT2D eigenvalue weighted by Gasteiger charge is -2.04. The Labute approximate surface area is 93.2 Å². The first kappa shape index (κ1) is 10.1. The van der Waals surface area contributed by atoms with Crippen molar-refractivity contribution in [1.29, 1.82) is 0 Å². The molecule has 0 unspecified atom stereocenters. The van der Waals surface area contributed by atoms with Gasteiger partial charge in [-0.05, 0) is 30.9 Å². The first-order valence-electron chi connectivity index (χ1n) is 4.81. The minimum absolute atomic E-state index is 0.833. The van der Waals surface area contributed by atoms with Crippen LogP contribution in [0.3, 0.4) is 0 Å². The zero-order chi connectivity index (χ0) is 10.7. The van der Waals surface area contributed by atoms with Crippen LogP contribution in [0.25, 0.3) is 0 Å². The van der Waals surface area contributed by atoms with E-state index in [4.69, 9.17) is 0 Å². The van der Waals surface area contributed by atoms with Gasteiger partial charge in [0.2, 0.25) is 0 Å². The summed E-state index contributed by atoms with van der Waals surface area (Å²) in [6.07, 6.45) is 1.58. The fourth-order valence-electron chi connectivity index (χ4n) is 1.31. The number of aryl methyl sites for hydroxylation is 2. The molecule has 0 bridgehead atoms. The molecule has 78 valence electrons. The lowest BCUT2D eigenvalue weighted by Crippen LogP contribution is -2.01. The molecule has 0 aliphatic rings. The third-order valence-electron chi connectivity index (χ3n) is 2.20. The molecule has 3 nitrogen and oxygen atoms in total. The number of nitrogens with zero attached hydrogens (tertiary/aromatic N) is 2. The molecule has 2 aromatic heterocycles. The Morgan fingerprint density at radius 2 is 2.20 bits per heavy atom. The molecule has 0 aliphatic heterocycles. The number of hydrogen-bond acceptors (Lipinski definition) is 4. The van der Waals surface area contributed by atoms with E-state index in [2.05, 4.69) is 33.7 Å². The Kier molecular flexibility index (Phi) is 2.97. The molecular formula is C11H13N3S. The van der Waals surface area contributed by atoms with Gasteiger partial charge in [-0.25, -0.2) is 9.97 Å². The summed E-state index contributed by atoms with van der Waals surface area (Å²) >= 11 is 1.77. The predicted octanol–water partition coefficient (Wildman–Crippen LogP) is 2.77. The maximum Gasteiger partial charge on any atom is 0.129 e. The standard InChI is InChI=1S/C11H13N3S/c1-8-3-4-15-10(8)6-12-11-5-9(2)13-7-14-11/h3-5,7H,6H2,1-2H3,(H,12,13,14). The van der Waals surface area contributed by atoms with Crippen molar-refractivity contribution in [3.05, 3.63) is 40.0 Å². The van der Waals surface area contributed by atoms with E-state index in [9.17, 15) is 0 Å². The van der Waals surface area contributed by atoms with E-state index in [1.54, 1.807) is 17.7 Å². The van der Waals surface area contributed by atoms with Gasteiger partial charge in [-0.15, -0.1) is 11.3 Å². The van der Waals surface area contributed by atoms with Crippen LogP contribution in [-0.4, -0.2) is 9.97 Å². The fraction of sp³-hybridized carbons (Fsp3) is 0.273. The van der Waals surface area contributed by atoms with Gasteiger partial charge in [-0.2, -0.15) is 0 Å². The molecule has 0 spiro atoms. The lowest BCUT2D eigenvalue weighted by atomic mass is 10.3. The van der Waals surface area contributed by atoms with Crippen molar-refractivity contribution in [2.75, 3.05) is 5.32 Å². The zero-order valence-electron chi connectivity index (χ0n) is 8.82. The molecule has 0 aliphatic carbocycles. The quantitative estimate of drug-likeness (QED) is 0.862. The van der Waals surface area contributed by atoms with Crippen molar-refractivity contribution in [3.8, 4) is 0 Å². The summed E-state index contributed by atoms with van der Waals surface area (Å²) in [5.74, 6) is 0.885. The summed E-state index contributed by atoms with van der Waals surface area (Å²) in [6, 6.07) is 4.08. The van der Waals surface area contributed by atoms with Crippen molar-refractivity contribution in [3.63, 3.8) is 0 Å². The first-order valence-corrected chi connectivity index (χ1v) is 5.69. The molecule has 0 radical (unpaired) electrons. The van der Waals surface area contributed by atoms with Crippen LogP contribution in [0.2, 0.25) is 0 Å². The number of nitrogens with one attached hydrogen (secondary N) is 1. The van der Waals surface area contributed by atoms with Gasteiger partial charge in [-0.3, -0.25) is 0 Å². The van der Waals surface area contributed by atoms with Gasteiger partial charge in [-0.1, -0.05) is 0 Å². The molecular weight excluding hydrogens is 206 g/mol. The number of thiophene rings is 1. The molecule has 0 saturated carbocycles. The van der Waals surface area contributed by atoms with Crippen LogP contribution in [0.4, 0.5) is 5.82 Å². The lowest BCUT2D eigenvalue weighted by molar-refractivity contribution is 1.06. The van der Waals surface area contributed by atoms with Gasteiger partial charge < -0.3 is 5.32 Å². The Balaban J connectivity index is 2.02. The number of aromatic nitrogens is 2. The van der Waals surface area contributed by atoms with Crippen LogP contribution in [0.15, 0.2) is 23.8 Å². The first-order chi connectivity index (χ1) is 7.25. The van der Waals surface area contributed by atoms with Gasteiger partial charge in [0.1, 0.15) is 12.1 Å². The second kappa shape index (κ2) is 4.40. The minimum atomic E-state index is 0.833. The maximum absolute atomic E-state index is 4.15. The molecule has 15 heavy (non-hydrogen) atoms. The second-order valence-corrected chi connectivity index (χ2v) is 4.43. The molecule has 2 heterocycles. The van der Waals surface area contributed by atoms with Crippen molar-refractivity contribution >= 4 is 17.2 Å². The third-order valence-corrected chi connectivity index (χ3v) is 3.23. The smallest absolute Gasteiger partial charge is 0.129 e. The van der Waals surface area contributed by atoms with Crippen molar-refractivity contribution in [2.24, 2.45) is 0 Å². The largest absolute Gasteiger partial charge is 0.365 e. The van der Waals surface area contributed by atoms with Gasteiger partial charge in [0.15, 0.2) is 0 Å². The monoisotopic (exact) mass is 219 g/mol. The average Bonchev–Trinajstić information content (AvgIpc) is 2.61. The second-order valence-electron chi connectivity index (χ2n) is 3.42. The van der Waals surface area contributed by atoms with Gasteiger partial charge >= 0.3 is 0 Å². The Morgan fingerprint density at radius 1 is 1.33 bits per heavy atom. The van der Waals surface area contributed by atoms with E-state index < -0.39 is 0 Å². The summed E-state index contributed by atoms with van der Waals surface area (Å²) in [5, 5.41) is 5.40. The van der Waals surface area contributed by atoms with E-state index >= 15 is 0 Å². The molecule has 0 atom stereocenters. The van der Waals surface area contributed by atoms with Gasteiger partial charge in [0, 0.05) is 16.6 Å². The summed E-state index contributed by atoms with van der Waals surface area (Å²) in [5.41, 5.74) is 2.31. The molecule has 0 aromatic carbocycles. The summed E-state index contributed by atoms with van der Waals surface area (Å²) in [6.45, 7) is 4.92. The molecule has 0 fully saturated rings. The zero-order valence-corrected chi connectivity index (χ0v) is 9.64. The molecule has 4 heteroatoms. The number of anilines is 1. The Bertz CT molecular complexity index is 451. The Hall–Kier alpha value is -1.42. The highest BCUT2D eigenvalue weighted by Gasteiger charge is 2.00. The Morgan fingerprint density at radius 3 is 2.87 bits per heavy atom. The van der Waals surface area contributed by atoms with Gasteiger partial charge in [0.25, 0.3) is 0 Å². The summed E-state index contributed by atoms with van der Waals surface area (Å²) < 4.78 is 0. The number of rotatable bonds is 3. The number of hydrogen-bond donors (Lipinski definition) is 1. The molecule has 2 rings (SSSR count). The van der Waals surface area contributed by atoms with Crippen molar-refractivity contribution in [1.82, 2.24) is 9.97 Å². The molecule has 2 aromatic rings. The molecule has 0 saturated heterocycles. The minimum Gasteiger partial charge on any atom is -0.365 e. The van der Waals surface area contributed by atoms with Crippen LogP contribution in [0.5, 0.6) is 0 Å². The summed E-state index contributed by atoms with van der Waals surface area (Å²) in [7, 11) is 0. The van der Waals surface area contributed by atoms with E-state index in [1.165, 1.54) is 10.4 Å². The van der Waals surface area contributed by atoms with Crippen LogP contribution >= 0.6 is 11.3 Å². The van der Waals surface area contributed by atoms with Crippen LogP contribution in [0, 0.1) is 13.8 Å². The third kappa shape index (κ3) is 2.53. The van der Waals surface area contributed by atoms with Crippen molar-refractivity contribution in [2.45, 2.75) is 20.4 Å². The predicted molar refractivity (Wildman–Crippen MR) is 63.2 cm³/mol. The SMILES string of the molecule is Cc1cc(NCc2sccc2C)ncn1. The topological polar surface area (TPSA) is 37.8 Å². The highest BCUT2D eigenvalue weighted by molar-refractivity contribution is 7.10. The maximum atomic E-state index is 4.15. The summed E-state index contributed by atoms with van der Waals surface area (Å²) in [4.78, 5) is 9.56. The van der Waals surface area contributed by atoms with Crippen LogP contribution in [-0.2, 0) is 6.54 Å². The highest BCUT2D eigenvalue weighted by atomic mass is 32.1. The molecule has 1 N–H and O–H groups in total. The highest BCUT2D eigenvalue weighted by Crippen LogP contribution is 2.16. The normalized spacial score (nSPS) is 10.3. The van der Waals surface area contributed by atoms with Crippen LogP contribution < -0.4 is 5.32 Å². The van der Waals surface area contributed by atoms with Crippen molar-refractivity contribution < 1.29 is 0 Å². The fourth-order valence-corrected chi connectivity index (χ4v) is 2.15. The average molecular weight is 219 g/mol. The molecule has 0 amide bonds. The van der Waals surface area contributed by atoms with E-state index in [1.807, 2.05) is 13.0 Å². The van der Waals surface area contributed by atoms with E-state index in [0.717, 1.165) is 18.1 Å². The van der Waals surface area contributed by atoms with E-state index in [-0.39, 0.29) is 0 Å². The van der Waals surface area contributed by atoms with Gasteiger partial charge in [0.05, 0.1) is 6.54 Å². The van der Waals surface area contributed by atoms with Crippen LogP contribution in [0.1, 0.15) is 16.1 Å².